The van der Waals surface area contributed by atoms with E-state index >= 15 is 0 Å². The zero-order valence-corrected chi connectivity index (χ0v) is 13.6. The number of hydrogen-bond donors (Lipinski definition) is 1. The third-order valence-corrected chi connectivity index (χ3v) is 4.92. The van der Waals surface area contributed by atoms with Crippen LogP contribution < -0.4 is 5.32 Å². The number of hydrogen-bond acceptors (Lipinski definition) is 2. The van der Waals surface area contributed by atoms with E-state index < -0.39 is 0 Å². The van der Waals surface area contributed by atoms with Crippen LogP contribution in [0.3, 0.4) is 0 Å². The summed E-state index contributed by atoms with van der Waals surface area (Å²) in [4.78, 5) is 4.34. The molecule has 0 spiro atoms. The average Bonchev–Trinajstić information content (AvgIpc) is 3.07. The number of aryl methyl sites for hydroxylation is 2. The lowest BCUT2D eigenvalue weighted by Gasteiger charge is -2.24. The van der Waals surface area contributed by atoms with E-state index in [2.05, 4.69) is 21.8 Å². The van der Waals surface area contributed by atoms with Gasteiger partial charge in [0.25, 0.3) is 0 Å². The van der Waals surface area contributed by atoms with Gasteiger partial charge in [-0.1, -0.05) is 36.2 Å². The maximum absolute atomic E-state index is 6.24. The fraction of sp³-hybridized carbons (Fsp3) is 0.438. The van der Waals surface area contributed by atoms with Gasteiger partial charge < -0.3 is 9.88 Å². The van der Waals surface area contributed by atoms with E-state index in [1.165, 1.54) is 5.69 Å². The molecule has 0 saturated carbocycles. The van der Waals surface area contributed by atoms with Crippen molar-refractivity contribution in [1.29, 1.82) is 0 Å². The summed E-state index contributed by atoms with van der Waals surface area (Å²) in [5.41, 5.74) is 2.60. The van der Waals surface area contributed by atoms with Gasteiger partial charge in [-0.25, -0.2) is 4.98 Å². The maximum Gasteiger partial charge on any atom is 0.0948 e. The van der Waals surface area contributed by atoms with E-state index in [-0.39, 0.29) is 5.41 Å². The number of aromatic nitrogens is 2. The molecule has 1 atom stereocenters. The Morgan fingerprint density at radius 1 is 1.38 bits per heavy atom. The van der Waals surface area contributed by atoms with E-state index in [9.17, 15) is 0 Å². The first kappa shape index (κ1) is 14.9. The molecule has 0 radical (unpaired) electrons. The second-order valence-corrected chi connectivity index (χ2v) is 6.79. The fourth-order valence-electron chi connectivity index (χ4n) is 3.00. The number of nitrogens with one attached hydrogen (secondary N) is 1. The molecule has 0 amide bonds. The molecule has 1 fully saturated rings. The lowest BCUT2D eigenvalue weighted by Crippen LogP contribution is -2.28. The minimum Gasteiger partial charge on any atom is -0.334 e. The molecule has 1 aromatic carbocycles. The smallest absolute Gasteiger partial charge is 0.0948 e. The average molecular weight is 324 g/mol. The quantitative estimate of drug-likeness (QED) is 0.930. The fourth-order valence-corrected chi connectivity index (χ4v) is 3.51. The number of rotatable bonds is 4. The summed E-state index contributed by atoms with van der Waals surface area (Å²) >= 11 is 12.2. The van der Waals surface area contributed by atoms with Crippen molar-refractivity contribution in [3.05, 3.63) is 52.0 Å². The molecule has 2 aromatic rings. The van der Waals surface area contributed by atoms with Gasteiger partial charge in [-0.2, -0.15) is 0 Å². The van der Waals surface area contributed by atoms with Crippen molar-refractivity contribution in [1.82, 2.24) is 14.9 Å². The number of benzene rings is 1. The van der Waals surface area contributed by atoms with Crippen LogP contribution in [0.2, 0.25) is 10.0 Å². The molecule has 1 saturated heterocycles. The summed E-state index contributed by atoms with van der Waals surface area (Å²) in [5.74, 6) is 0. The molecule has 21 heavy (non-hydrogen) atoms. The molecular formula is C16H19Cl2N3. The molecule has 0 bridgehead atoms. The van der Waals surface area contributed by atoms with Crippen LogP contribution in [0.4, 0.5) is 0 Å². The van der Waals surface area contributed by atoms with Crippen LogP contribution in [0.25, 0.3) is 0 Å². The van der Waals surface area contributed by atoms with E-state index in [1.54, 1.807) is 6.07 Å². The molecule has 0 aliphatic carbocycles. The van der Waals surface area contributed by atoms with Crippen LogP contribution in [-0.2, 0) is 18.4 Å². The van der Waals surface area contributed by atoms with Crippen LogP contribution in [0.15, 0.2) is 30.7 Å². The van der Waals surface area contributed by atoms with E-state index in [0.29, 0.717) is 5.02 Å². The molecule has 1 aromatic heterocycles. The molecule has 1 aliphatic rings. The lowest BCUT2D eigenvalue weighted by atomic mass is 9.86. The molecule has 5 heteroatoms. The zero-order chi connectivity index (χ0) is 14.9. The first-order valence-corrected chi connectivity index (χ1v) is 7.99. The summed E-state index contributed by atoms with van der Waals surface area (Å²) < 4.78 is 2.25. The van der Waals surface area contributed by atoms with Crippen LogP contribution in [-0.4, -0.2) is 22.6 Å². The van der Waals surface area contributed by atoms with Crippen LogP contribution in [0.5, 0.6) is 0 Å². The second-order valence-electron chi connectivity index (χ2n) is 5.95. The molecule has 112 valence electrons. The Hall–Kier alpha value is -1.03. The molecule has 3 nitrogen and oxygen atoms in total. The molecule has 2 heterocycles. The first-order chi connectivity index (χ1) is 10.1. The van der Waals surface area contributed by atoms with E-state index in [1.807, 2.05) is 24.7 Å². The van der Waals surface area contributed by atoms with Gasteiger partial charge >= 0.3 is 0 Å². The maximum atomic E-state index is 6.24. The molecule has 1 unspecified atom stereocenters. The Morgan fingerprint density at radius 2 is 2.24 bits per heavy atom. The highest BCUT2D eigenvalue weighted by atomic mass is 35.5. The van der Waals surface area contributed by atoms with Gasteiger partial charge in [0.1, 0.15) is 0 Å². The Morgan fingerprint density at radius 3 is 2.95 bits per heavy atom. The molecular weight excluding hydrogens is 305 g/mol. The highest BCUT2D eigenvalue weighted by Gasteiger charge is 2.33. The van der Waals surface area contributed by atoms with E-state index in [4.69, 9.17) is 23.2 Å². The van der Waals surface area contributed by atoms with Gasteiger partial charge in [-0.3, -0.25) is 0 Å². The number of nitrogens with zero attached hydrogens (tertiary/aromatic N) is 2. The van der Waals surface area contributed by atoms with Crippen molar-refractivity contribution in [3.63, 3.8) is 0 Å². The summed E-state index contributed by atoms with van der Waals surface area (Å²) in [7, 11) is 0. The molecule has 3 rings (SSSR count). The monoisotopic (exact) mass is 323 g/mol. The van der Waals surface area contributed by atoms with Gasteiger partial charge in [0.05, 0.1) is 6.33 Å². The third-order valence-electron chi connectivity index (χ3n) is 4.34. The Kier molecular flexibility index (Phi) is 4.25. The van der Waals surface area contributed by atoms with Crippen LogP contribution in [0.1, 0.15) is 24.6 Å². The lowest BCUT2D eigenvalue weighted by molar-refractivity contribution is 0.472. The summed E-state index contributed by atoms with van der Waals surface area (Å²) in [6.45, 7) is 5.27. The number of halogens is 2. The SMILES string of the molecule is CC1(c2cncn2CCc2ccc(Cl)cc2Cl)CCNC1. The second kappa shape index (κ2) is 5.99. The van der Waals surface area contributed by atoms with Crippen molar-refractivity contribution in [2.24, 2.45) is 0 Å². The Labute approximate surface area is 135 Å². The van der Waals surface area contributed by atoms with Gasteiger partial charge in [0.2, 0.25) is 0 Å². The highest BCUT2D eigenvalue weighted by molar-refractivity contribution is 6.35. The highest BCUT2D eigenvalue weighted by Crippen LogP contribution is 2.30. The van der Waals surface area contributed by atoms with Crippen molar-refractivity contribution in [2.75, 3.05) is 13.1 Å². The largest absolute Gasteiger partial charge is 0.334 e. The Bertz CT molecular complexity index is 630. The minimum absolute atomic E-state index is 0.181. The predicted octanol–water partition coefficient (Wildman–Crippen LogP) is 3.68. The molecule has 1 aliphatic heterocycles. The summed E-state index contributed by atoms with van der Waals surface area (Å²) in [6, 6.07) is 5.69. The molecule has 1 N–H and O–H groups in total. The van der Waals surface area contributed by atoms with Gasteiger partial charge in [-0.05, 0) is 37.1 Å². The Balaban J connectivity index is 1.76. The van der Waals surface area contributed by atoms with E-state index in [0.717, 1.165) is 43.1 Å². The number of imidazole rings is 1. The van der Waals surface area contributed by atoms with Gasteiger partial charge in [0.15, 0.2) is 0 Å². The predicted molar refractivity (Wildman–Crippen MR) is 87.2 cm³/mol. The first-order valence-electron chi connectivity index (χ1n) is 7.24. The zero-order valence-electron chi connectivity index (χ0n) is 12.1. The van der Waals surface area contributed by atoms with Crippen molar-refractivity contribution >= 4 is 23.2 Å². The van der Waals surface area contributed by atoms with Crippen LogP contribution >= 0.6 is 23.2 Å². The normalized spacial score (nSPS) is 21.9. The van der Waals surface area contributed by atoms with Gasteiger partial charge in [0, 0.05) is 40.4 Å². The summed E-state index contributed by atoms with van der Waals surface area (Å²) in [5, 5.41) is 4.85. The van der Waals surface area contributed by atoms with Crippen molar-refractivity contribution in [2.45, 2.75) is 31.7 Å². The van der Waals surface area contributed by atoms with Crippen molar-refractivity contribution in [3.8, 4) is 0 Å². The minimum atomic E-state index is 0.181. The summed E-state index contributed by atoms with van der Waals surface area (Å²) in [6.07, 6.45) is 5.95. The standard InChI is InChI=1S/C16H19Cl2N3/c1-16(5-6-19-10-16)15-9-20-11-21(15)7-4-12-2-3-13(17)8-14(12)18/h2-3,8-9,11,19H,4-7,10H2,1H3. The third kappa shape index (κ3) is 3.10. The van der Waals surface area contributed by atoms with Gasteiger partial charge in [-0.15, -0.1) is 0 Å². The van der Waals surface area contributed by atoms with Crippen molar-refractivity contribution < 1.29 is 0 Å². The van der Waals surface area contributed by atoms with Crippen LogP contribution in [0, 0.1) is 0 Å². The topological polar surface area (TPSA) is 29.9 Å².